The molecule has 1 amide bonds. The molecule has 1 saturated heterocycles. The van der Waals surface area contributed by atoms with Gasteiger partial charge in [-0.15, -0.1) is 0 Å². The van der Waals surface area contributed by atoms with Crippen molar-refractivity contribution in [3.05, 3.63) is 53.3 Å². The fourth-order valence-corrected chi connectivity index (χ4v) is 4.32. The zero-order valence-corrected chi connectivity index (χ0v) is 14.4. The lowest BCUT2D eigenvalue weighted by Crippen LogP contribution is -2.47. The third-order valence-corrected chi connectivity index (χ3v) is 5.38. The topological polar surface area (TPSA) is 41.4 Å². The Morgan fingerprint density at radius 2 is 2.04 bits per heavy atom. The van der Waals surface area contributed by atoms with E-state index >= 15 is 0 Å². The van der Waals surface area contributed by atoms with Crippen LogP contribution in [0.1, 0.15) is 30.2 Å². The Kier molecular flexibility index (Phi) is 3.68. The number of benzene rings is 1. The van der Waals surface area contributed by atoms with Gasteiger partial charge in [0.05, 0.1) is 5.69 Å². The number of carbonyl (C=O) groups is 1. The van der Waals surface area contributed by atoms with Crippen LogP contribution in [-0.4, -0.2) is 45.1 Å². The third-order valence-electron chi connectivity index (χ3n) is 5.38. The zero-order chi connectivity index (χ0) is 16.7. The minimum atomic E-state index is -0.0186. The van der Waals surface area contributed by atoms with Crippen LogP contribution in [0.4, 0.5) is 0 Å². The molecule has 2 aliphatic heterocycles. The van der Waals surface area contributed by atoms with Crippen molar-refractivity contribution in [3.63, 3.8) is 0 Å². The van der Waals surface area contributed by atoms with E-state index in [0.29, 0.717) is 0 Å². The molecule has 1 spiro atoms. The molecular formula is C19H24N4O. The molecule has 1 aromatic heterocycles. The summed E-state index contributed by atoms with van der Waals surface area (Å²) in [5, 5.41) is 4.77. The van der Waals surface area contributed by atoms with E-state index in [1.165, 1.54) is 16.8 Å². The van der Waals surface area contributed by atoms with Gasteiger partial charge in [-0.1, -0.05) is 30.3 Å². The van der Waals surface area contributed by atoms with Gasteiger partial charge in [0.1, 0.15) is 0 Å². The minimum Gasteiger partial charge on any atom is -0.342 e. The first kappa shape index (κ1) is 15.4. The Morgan fingerprint density at radius 1 is 1.25 bits per heavy atom. The Balaban J connectivity index is 1.64. The fraction of sp³-hybridized carbons (Fsp3) is 0.474. The van der Waals surface area contributed by atoms with Crippen LogP contribution in [0.5, 0.6) is 0 Å². The molecular weight excluding hydrogens is 300 g/mol. The van der Waals surface area contributed by atoms with E-state index in [1.807, 2.05) is 16.6 Å². The molecule has 0 saturated carbocycles. The molecule has 0 unspecified atom stereocenters. The summed E-state index contributed by atoms with van der Waals surface area (Å²) in [7, 11) is 1.99. The lowest BCUT2D eigenvalue weighted by molar-refractivity contribution is -0.128. The van der Waals surface area contributed by atoms with Crippen LogP contribution < -0.4 is 0 Å². The smallest absolute Gasteiger partial charge is 0.219 e. The largest absolute Gasteiger partial charge is 0.342 e. The maximum Gasteiger partial charge on any atom is 0.219 e. The summed E-state index contributed by atoms with van der Waals surface area (Å²) in [6.07, 6.45) is 3.15. The predicted molar refractivity (Wildman–Crippen MR) is 92.3 cm³/mol. The highest BCUT2D eigenvalue weighted by Crippen LogP contribution is 2.40. The second kappa shape index (κ2) is 5.74. The molecule has 4 rings (SSSR count). The number of aryl methyl sites for hydroxylation is 1. The molecule has 5 heteroatoms. The van der Waals surface area contributed by atoms with Gasteiger partial charge >= 0.3 is 0 Å². The number of hydrogen-bond donors (Lipinski definition) is 0. The van der Waals surface area contributed by atoms with Crippen molar-refractivity contribution in [1.29, 1.82) is 0 Å². The number of fused-ring (bicyclic) bond motifs is 2. The molecule has 2 aliphatic rings. The summed E-state index contributed by atoms with van der Waals surface area (Å²) in [5.74, 6) is 0.171. The number of likely N-dealkylation sites (tertiary alicyclic amines) is 1. The molecule has 0 radical (unpaired) electrons. The molecule has 2 aromatic rings. The number of aromatic nitrogens is 2. The average molecular weight is 324 g/mol. The van der Waals surface area contributed by atoms with Crippen LogP contribution in [0.25, 0.3) is 0 Å². The number of carbonyl (C=O) groups excluding carboxylic acids is 1. The van der Waals surface area contributed by atoms with Crippen molar-refractivity contribution in [2.75, 3.05) is 19.6 Å². The Bertz CT molecular complexity index is 754. The molecule has 5 nitrogen and oxygen atoms in total. The van der Waals surface area contributed by atoms with Gasteiger partial charge in [-0.2, -0.15) is 5.10 Å². The number of nitrogens with zero attached hydrogens (tertiary/aromatic N) is 4. The minimum absolute atomic E-state index is 0.0186. The molecule has 1 aromatic carbocycles. The first-order valence-corrected chi connectivity index (χ1v) is 8.61. The van der Waals surface area contributed by atoms with Crippen LogP contribution in [0.2, 0.25) is 0 Å². The SMILES string of the molecule is CC(=O)N1CC[C@]2(CN(Cc3ccccc3)Cc3cn(C)nc32)C1. The highest BCUT2D eigenvalue weighted by atomic mass is 16.2. The number of hydrogen-bond acceptors (Lipinski definition) is 3. The molecule has 1 fully saturated rings. The average Bonchev–Trinajstić information content (AvgIpc) is 3.13. The van der Waals surface area contributed by atoms with Crippen molar-refractivity contribution in [3.8, 4) is 0 Å². The van der Waals surface area contributed by atoms with E-state index in [4.69, 9.17) is 5.10 Å². The zero-order valence-electron chi connectivity index (χ0n) is 14.4. The normalized spacial score (nSPS) is 23.7. The Hall–Kier alpha value is -2.14. The van der Waals surface area contributed by atoms with Crippen molar-refractivity contribution in [2.45, 2.75) is 31.8 Å². The summed E-state index contributed by atoms with van der Waals surface area (Å²) in [5.41, 5.74) is 3.83. The van der Waals surface area contributed by atoms with Crippen LogP contribution in [0.3, 0.4) is 0 Å². The highest BCUT2D eigenvalue weighted by molar-refractivity contribution is 5.74. The predicted octanol–water partition coefficient (Wildman–Crippen LogP) is 1.93. The van der Waals surface area contributed by atoms with Crippen LogP contribution in [-0.2, 0) is 30.3 Å². The van der Waals surface area contributed by atoms with Gasteiger partial charge in [-0.25, -0.2) is 0 Å². The van der Waals surface area contributed by atoms with E-state index in [1.54, 1.807) is 6.92 Å². The maximum atomic E-state index is 11.8. The van der Waals surface area contributed by atoms with E-state index in [2.05, 4.69) is 41.4 Å². The first-order chi connectivity index (χ1) is 11.6. The van der Waals surface area contributed by atoms with E-state index in [9.17, 15) is 4.79 Å². The summed E-state index contributed by atoms with van der Waals surface area (Å²) in [6.45, 7) is 6.14. The molecule has 0 bridgehead atoms. The van der Waals surface area contributed by atoms with Gasteiger partial charge in [0, 0.05) is 63.9 Å². The first-order valence-electron chi connectivity index (χ1n) is 8.61. The molecule has 1 atom stereocenters. The lowest BCUT2D eigenvalue weighted by atomic mass is 9.78. The van der Waals surface area contributed by atoms with E-state index < -0.39 is 0 Å². The quantitative estimate of drug-likeness (QED) is 0.847. The van der Waals surface area contributed by atoms with Crippen LogP contribution in [0.15, 0.2) is 36.5 Å². The molecule has 0 aliphatic carbocycles. The number of rotatable bonds is 2. The molecule has 126 valence electrons. The van der Waals surface area contributed by atoms with Gasteiger partial charge in [-0.05, 0) is 12.0 Å². The second-order valence-electron chi connectivity index (χ2n) is 7.28. The van der Waals surface area contributed by atoms with E-state index in [0.717, 1.165) is 39.1 Å². The van der Waals surface area contributed by atoms with Gasteiger partial charge in [-0.3, -0.25) is 14.4 Å². The number of amides is 1. The summed E-state index contributed by atoms with van der Waals surface area (Å²) < 4.78 is 1.93. The van der Waals surface area contributed by atoms with Crippen molar-refractivity contribution in [2.24, 2.45) is 7.05 Å². The highest BCUT2D eigenvalue weighted by Gasteiger charge is 2.47. The second-order valence-corrected chi connectivity index (χ2v) is 7.28. The Morgan fingerprint density at radius 3 is 2.75 bits per heavy atom. The van der Waals surface area contributed by atoms with Crippen molar-refractivity contribution < 1.29 is 4.79 Å². The monoisotopic (exact) mass is 324 g/mol. The van der Waals surface area contributed by atoms with Crippen LogP contribution in [0, 0.1) is 0 Å². The molecule has 0 N–H and O–H groups in total. The molecule has 24 heavy (non-hydrogen) atoms. The van der Waals surface area contributed by atoms with Crippen molar-refractivity contribution >= 4 is 5.91 Å². The van der Waals surface area contributed by atoms with E-state index in [-0.39, 0.29) is 11.3 Å². The van der Waals surface area contributed by atoms with Gasteiger partial charge in [0.25, 0.3) is 0 Å². The Labute approximate surface area is 142 Å². The van der Waals surface area contributed by atoms with Gasteiger partial charge in [0.2, 0.25) is 5.91 Å². The third kappa shape index (κ3) is 2.63. The molecule has 3 heterocycles. The van der Waals surface area contributed by atoms with Gasteiger partial charge < -0.3 is 4.90 Å². The summed E-state index contributed by atoms with van der Waals surface area (Å²) >= 11 is 0. The standard InChI is InChI=1S/C19H24N4O/c1-15(24)23-9-8-19(14-23)13-22(10-16-6-4-3-5-7-16)12-17-11-21(2)20-18(17)19/h3-7,11H,8-10,12-14H2,1-2H3/t19-/m0/s1. The summed E-state index contributed by atoms with van der Waals surface area (Å²) in [4.78, 5) is 16.3. The summed E-state index contributed by atoms with van der Waals surface area (Å²) in [6, 6.07) is 10.6. The van der Waals surface area contributed by atoms with Crippen LogP contribution >= 0.6 is 0 Å². The van der Waals surface area contributed by atoms with Crippen molar-refractivity contribution in [1.82, 2.24) is 19.6 Å². The fourth-order valence-electron chi connectivity index (χ4n) is 4.32. The maximum absolute atomic E-state index is 11.8. The lowest BCUT2D eigenvalue weighted by Gasteiger charge is -2.39. The van der Waals surface area contributed by atoms with Gasteiger partial charge in [0.15, 0.2) is 0 Å².